The highest BCUT2D eigenvalue weighted by atomic mass is 35.5. The first-order valence-corrected chi connectivity index (χ1v) is 6.89. The SMILES string of the molecule is O=C(COc1cccc(Cl)c1)N[C@H]1C[C@@H]2OCC[C@H]12. The van der Waals surface area contributed by atoms with E-state index in [1.54, 1.807) is 24.3 Å². The predicted octanol–water partition coefficient (Wildman–Crippen LogP) is 2.01. The molecule has 1 heterocycles. The third kappa shape index (κ3) is 2.85. The lowest BCUT2D eigenvalue weighted by Gasteiger charge is -2.39. The van der Waals surface area contributed by atoms with Crippen molar-refractivity contribution in [3.05, 3.63) is 29.3 Å². The molecule has 1 N–H and O–H groups in total. The third-order valence-corrected chi connectivity index (χ3v) is 4.01. The first-order chi connectivity index (χ1) is 9.22. The number of carbonyl (C=O) groups excluding carboxylic acids is 1. The molecule has 5 heteroatoms. The molecular formula is C14H16ClNO3. The van der Waals surface area contributed by atoms with Crippen molar-refractivity contribution in [1.82, 2.24) is 5.32 Å². The largest absolute Gasteiger partial charge is 0.484 e. The molecule has 1 aliphatic carbocycles. The summed E-state index contributed by atoms with van der Waals surface area (Å²) in [6.45, 7) is 0.843. The maximum absolute atomic E-state index is 11.8. The van der Waals surface area contributed by atoms with E-state index in [2.05, 4.69) is 5.32 Å². The molecule has 0 spiro atoms. The second-order valence-electron chi connectivity index (χ2n) is 5.02. The van der Waals surface area contributed by atoms with Crippen molar-refractivity contribution in [3.8, 4) is 5.75 Å². The van der Waals surface area contributed by atoms with Crippen LogP contribution in [-0.2, 0) is 9.53 Å². The second kappa shape index (κ2) is 5.39. The Balaban J connectivity index is 1.44. The lowest BCUT2D eigenvalue weighted by molar-refractivity contribution is -0.126. The normalized spacial score (nSPS) is 28.4. The van der Waals surface area contributed by atoms with Gasteiger partial charge in [0.2, 0.25) is 0 Å². The minimum atomic E-state index is -0.0877. The highest BCUT2D eigenvalue weighted by Gasteiger charge is 2.45. The molecule has 0 bridgehead atoms. The zero-order valence-electron chi connectivity index (χ0n) is 10.5. The molecule has 19 heavy (non-hydrogen) atoms. The fraction of sp³-hybridized carbons (Fsp3) is 0.500. The molecule has 3 rings (SSSR count). The van der Waals surface area contributed by atoms with E-state index in [0.717, 1.165) is 19.4 Å². The molecule has 4 nitrogen and oxygen atoms in total. The van der Waals surface area contributed by atoms with Crippen molar-refractivity contribution < 1.29 is 14.3 Å². The van der Waals surface area contributed by atoms with Crippen LogP contribution in [0.4, 0.5) is 0 Å². The molecule has 0 aromatic heterocycles. The van der Waals surface area contributed by atoms with Gasteiger partial charge in [-0.25, -0.2) is 0 Å². The third-order valence-electron chi connectivity index (χ3n) is 3.78. The summed E-state index contributed by atoms with van der Waals surface area (Å²) in [7, 11) is 0. The summed E-state index contributed by atoms with van der Waals surface area (Å²) in [6, 6.07) is 7.29. The van der Waals surface area contributed by atoms with Gasteiger partial charge in [-0.1, -0.05) is 17.7 Å². The van der Waals surface area contributed by atoms with Gasteiger partial charge in [0.05, 0.1) is 6.10 Å². The molecule has 0 unspecified atom stereocenters. The highest BCUT2D eigenvalue weighted by Crippen LogP contribution is 2.38. The Morgan fingerprint density at radius 1 is 1.53 bits per heavy atom. The maximum Gasteiger partial charge on any atom is 0.258 e. The summed E-state index contributed by atoms with van der Waals surface area (Å²) in [5.41, 5.74) is 0. The van der Waals surface area contributed by atoms with Gasteiger partial charge in [0.25, 0.3) is 5.91 Å². The number of nitrogens with one attached hydrogen (secondary N) is 1. The lowest BCUT2D eigenvalue weighted by atomic mass is 9.76. The monoisotopic (exact) mass is 281 g/mol. The number of rotatable bonds is 4. The number of ether oxygens (including phenoxy) is 2. The number of halogens is 1. The average Bonchev–Trinajstić information content (AvgIpc) is 2.75. The number of hydrogen-bond donors (Lipinski definition) is 1. The predicted molar refractivity (Wildman–Crippen MR) is 71.3 cm³/mol. The van der Waals surface area contributed by atoms with Gasteiger partial charge in [0, 0.05) is 23.6 Å². The first-order valence-electron chi connectivity index (χ1n) is 6.52. The Morgan fingerprint density at radius 2 is 2.42 bits per heavy atom. The van der Waals surface area contributed by atoms with Crippen molar-refractivity contribution in [1.29, 1.82) is 0 Å². The van der Waals surface area contributed by atoms with Crippen LogP contribution in [-0.4, -0.2) is 31.3 Å². The van der Waals surface area contributed by atoms with Crippen LogP contribution in [0.3, 0.4) is 0 Å². The van der Waals surface area contributed by atoms with Crippen LogP contribution in [0, 0.1) is 5.92 Å². The number of benzene rings is 1. The summed E-state index contributed by atoms with van der Waals surface area (Å²) < 4.78 is 10.9. The molecule has 1 aliphatic heterocycles. The van der Waals surface area contributed by atoms with Crippen molar-refractivity contribution in [2.24, 2.45) is 5.92 Å². The zero-order valence-corrected chi connectivity index (χ0v) is 11.2. The molecule has 1 amide bonds. The summed E-state index contributed by atoms with van der Waals surface area (Å²) in [4.78, 5) is 11.8. The Bertz CT molecular complexity index is 480. The summed E-state index contributed by atoms with van der Waals surface area (Å²) >= 11 is 5.84. The van der Waals surface area contributed by atoms with Crippen LogP contribution in [0.2, 0.25) is 5.02 Å². The van der Waals surface area contributed by atoms with E-state index in [0.29, 0.717) is 22.8 Å². The van der Waals surface area contributed by atoms with Crippen LogP contribution in [0.5, 0.6) is 5.75 Å². The molecule has 1 aromatic rings. The number of hydrogen-bond acceptors (Lipinski definition) is 3. The van der Waals surface area contributed by atoms with Gasteiger partial charge in [-0.15, -0.1) is 0 Å². The molecule has 3 atom stereocenters. The Labute approximate surface area is 117 Å². The number of fused-ring (bicyclic) bond motifs is 1. The van der Waals surface area contributed by atoms with E-state index in [1.807, 2.05) is 0 Å². The fourth-order valence-corrected chi connectivity index (χ4v) is 2.90. The van der Waals surface area contributed by atoms with Crippen LogP contribution in [0.15, 0.2) is 24.3 Å². The van der Waals surface area contributed by atoms with E-state index >= 15 is 0 Å². The minimum absolute atomic E-state index is 0.0229. The Hall–Kier alpha value is -1.26. The van der Waals surface area contributed by atoms with Crippen molar-refractivity contribution in [3.63, 3.8) is 0 Å². The van der Waals surface area contributed by atoms with E-state index in [1.165, 1.54) is 0 Å². The second-order valence-corrected chi connectivity index (χ2v) is 5.45. The highest BCUT2D eigenvalue weighted by molar-refractivity contribution is 6.30. The van der Waals surface area contributed by atoms with Gasteiger partial charge >= 0.3 is 0 Å². The van der Waals surface area contributed by atoms with E-state index in [4.69, 9.17) is 21.1 Å². The molecule has 1 saturated carbocycles. The van der Waals surface area contributed by atoms with E-state index in [9.17, 15) is 4.79 Å². The average molecular weight is 282 g/mol. The summed E-state index contributed by atoms with van der Waals surface area (Å²) in [5, 5.41) is 3.60. The minimum Gasteiger partial charge on any atom is -0.484 e. The van der Waals surface area contributed by atoms with Crippen molar-refractivity contribution in [2.75, 3.05) is 13.2 Å². The van der Waals surface area contributed by atoms with Crippen molar-refractivity contribution >= 4 is 17.5 Å². The fourth-order valence-electron chi connectivity index (χ4n) is 2.72. The van der Waals surface area contributed by atoms with Crippen LogP contribution < -0.4 is 10.1 Å². The molecule has 2 aliphatic rings. The van der Waals surface area contributed by atoms with Gasteiger partial charge < -0.3 is 14.8 Å². The van der Waals surface area contributed by atoms with E-state index in [-0.39, 0.29) is 18.6 Å². The summed E-state index contributed by atoms with van der Waals surface area (Å²) in [5.74, 6) is 1.02. The zero-order chi connectivity index (χ0) is 13.2. The number of amides is 1. The van der Waals surface area contributed by atoms with Crippen LogP contribution in [0.1, 0.15) is 12.8 Å². The van der Waals surface area contributed by atoms with Crippen LogP contribution >= 0.6 is 11.6 Å². The molecule has 102 valence electrons. The van der Waals surface area contributed by atoms with Crippen molar-refractivity contribution in [2.45, 2.75) is 25.0 Å². The maximum atomic E-state index is 11.8. The molecule has 2 fully saturated rings. The first kappa shape index (κ1) is 12.8. The standard InChI is InChI=1S/C14H16ClNO3/c15-9-2-1-3-10(6-9)19-8-14(17)16-12-7-13-11(12)4-5-18-13/h1-3,6,11-13H,4-5,7-8H2,(H,16,17)/t11-,12+,13+/m1/s1. The van der Waals surface area contributed by atoms with Gasteiger partial charge in [0.1, 0.15) is 5.75 Å². The quantitative estimate of drug-likeness (QED) is 0.918. The molecule has 1 saturated heterocycles. The van der Waals surface area contributed by atoms with Gasteiger partial charge in [-0.2, -0.15) is 0 Å². The van der Waals surface area contributed by atoms with Gasteiger partial charge in [0.15, 0.2) is 6.61 Å². The molecule has 0 radical (unpaired) electrons. The van der Waals surface area contributed by atoms with Gasteiger partial charge in [-0.3, -0.25) is 4.79 Å². The summed E-state index contributed by atoms with van der Waals surface area (Å²) in [6.07, 6.45) is 2.33. The topological polar surface area (TPSA) is 47.6 Å². The van der Waals surface area contributed by atoms with Crippen LogP contribution in [0.25, 0.3) is 0 Å². The van der Waals surface area contributed by atoms with Gasteiger partial charge in [-0.05, 0) is 31.0 Å². The number of carbonyl (C=O) groups is 1. The molecular weight excluding hydrogens is 266 g/mol. The Kier molecular flexibility index (Phi) is 3.62. The van der Waals surface area contributed by atoms with E-state index < -0.39 is 0 Å². The lowest BCUT2D eigenvalue weighted by Crippen LogP contribution is -2.54. The molecule has 1 aromatic carbocycles. The smallest absolute Gasteiger partial charge is 0.258 e. The Morgan fingerprint density at radius 3 is 3.21 bits per heavy atom.